The van der Waals surface area contributed by atoms with E-state index in [1.165, 1.54) is 0 Å². The third-order valence-corrected chi connectivity index (χ3v) is 4.56. The van der Waals surface area contributed by atoms with Gasteiger partial charge in [-0.25, -0.2) is 0 Å². The normalized spacial score (nSPS) is 30.7. The number of aromatic amines is 1. The Morgan fingerprint density at radius 1 is 1.31 bits per heavy atom. The zero-order chi connectivity index (χ0) is 18.8. The van der Waals surface area contributed by atoms with Crippen LogP contribution in [0.25, 0.3) is 11.0 Å². The molecule has 1 aliphatic heterocycles. The Hall–Kier alpha value is -1.75. The lowest BCUT2D eigenvalue weighted by Crippen LogP contribution is -2.65. The Labute approximate surface area is 152 Å². The van der Waals surface area contributed by atoms with Crippen molar-refractivity contribution in [2.45, 2.75) is 43.7 Å². The number of aliphatic hydroxyl groups is 3. The summed E-state index contributed by atoms with van der Waals surface area (Å²) in [6.45, 7) is 2.18. The van der Waals surface area contributed by atoms with Crippen LogP contribution < -0.4 is 10.6 Å². The number of likely N-dealkylation sites (N-methyl/N-ethyl adjacent to an activating group) is 1. The minimum Gasteiger partial charge on any atom is -0.389 e. The van der Waals surface area contributed by atoms with Crippen LogP contribution in [0.3, 0.4) is 0 Å². The maximum absolute atomic E-state index is 10.5. The molecule has 0 spiro atoms. The van der Waals surface area contributed by atoms with Gasteiger partial charge in [0, 0.05) is 18.9 Å². The first kappa shape index (κ1) is 19.0. The van der Waals surface area contributed by atoms with E-state index >= 15 is 0 Å². The topological polar surface area (TPSA) is 126 Å². The first-order valence-electron chi connectivity index (χ1n) is 8.66. The quantitative estimate of drug-likeness (QED) is 0.371. The Morgan fingerprint density at radius 3 is 2.81 bits per heavy atom. The molecule has 1 aliphatic rings. The van der Waals surface area contributed by atoms with Crippen molar-refractivity contribution in [2.24, 2.45) is 0 Å². The van der Waals surface area contributed by atoms with Crippen LogP contribution in [0.15, 0.2) is 24.5 Å². The number of nitrogens with zero attached hydrogens (tertiary/aromatic N) is 2. The van der Waals surface area contributed by atoms with Crippen LogP contribution >= 0.6 is 0 Å². The number of nitrogens with one attached hydrogen (secondary N) is 3. The average Bonchev–Trinajstić information content (AvgIpc) is 3.05. The molecule has 26 heavy (non-hydrogen) atoms. The Kier molecular flexibility index (Phi) is 5.76. The highest BCUT2D eigenvalue weighted by Crippen LogP contribution is 2.26. The maximum Gasteiger partial charge on any atom is 0.157 e. The van der Waals surface area contributed by atoms with E-state index in [2.05, 4.69) is 20.6 Å². The van der Waals surface area contributed by atoms with Gasteiger partial charge in [-0.05, 0) is 33.2 Å². The molecule has 3 rings (SSSR count). The summed E-state index contributed by atoms with van der Waals surface area (Å²) in [7, 11) is 3.68. The smallest absolute Gasteiger partial charge is 0.157 e. The summed E-state index contributed by atoms with van der Waals surface area (Å²) in [6.07, 6.45) is -0.893. The second-order valence-corrected chi connectivity index (χ2v) is 6.95. The number of anilines is 1. The molecule has 6 N–H and O–H groups in total. The molecule has 1 unspecified atom stereocenters. The third kappa shape index (κ3) is 3.98. The van der Waals surface area contributed by atoms with Crippen molar-refractivity contribution in [3.8, 4) is 0 Å². The first-order valence-corrected chi connectivity index (χ1v) is 8.66. The number of rotatable bonds is 6. The molecule has 2 aromatic heterocycles. The summed E-state index contributed by atoms with van der Waals surface area (Å²) >= 11 is 0. The van der Waals surface area contributed by atoms with Gasteiger partial charge in [-0.2, -0.15) is 0 Å². The van der Waals surface area contributed by atoms with Gasteiger partial charge in [-0.15, -0.1) is 0 Å². The second kappa shape index (κ2) is 7.87. The van der Waals surface area contributed by atoms with Crippen LogP contribution in [0.4, 0.5) is 5.69 Å². The molecule has 9 nitrogen and oxygen atoms in total. The van der Waals surface area contributed by atoms with E-state index in [4.69, 9.17) is 4.74 Å². The molecule has 0 amide bonds. The van der Waals surface area contributed by atoms with E-state index in [-0.39, 0.29) is 0 Å². The zero-order valence-corrected chi connectivity index (χ0v) is 15.1. The number of H-pyrrole nitrogens is 1. The lowest BCUT2D eigenvalue weighted by Gasteiger charge is -2.43. The molecule has 6 atom stereocenters. The number of hydrogen-bond acceptors (Lipinski definition) is 8. The van der Waals surface area contributed by atoms with Gasteiger partial charge in [-0.1, -0.05) is 0 Å². The van der Waals surface area contributed by atoms with Gasteiger partial charge >= 0.3 is 0 Å². The molecule has 3 heterocycles. The van der Waals surface area contributed by atoms with Gasteiger partial charge in [0.1, 0.15) is 18.4 Å². The monoisotopic (exact) mass is 365 g/mol. The van der Waals surface area contributed by atoms with Crippen LogP contribution in [0.5, 0.6) is 0 Å². The summed E-state index contributed by atoms with van der Waals surface area (Å²) in [4.78, 5) is 9.16. The van der Waals surface area contributed by atoms with Gasteiger partial charge in [0.2, 0.25) is 0 Å². The number of pyridine rings is 1. The second-order valence-electron chi connectivity index (χ2n) is 6.95. The summed E-state index contributed by atoms with van der Waals surface area (Å²) in [5, 5.41) is 37.2. The predicted octanol–water partition coefficient (Wildman–Crippen LogP) is -0.720. The summed E-state index contributed by atoms with van der Waals surface area (Å²) in [5.74, 6) is 0. The van der Waals surface area contributed by atoms with E-state index < -0.39 is 36.8 Å². The molecule has 0 aromatic carbocycles. The van der Waals surface area contributed by atoms with E-state index in [0.717, 1.165) is 16.7 Å². The minimum absolute atomic E-state index is 0.384. The van der Waals surface area contributed by atoms with Crippen molar-refractivity contribution >= 4 is 16.7 Å². The zero-order valence-electron chi connectivity index (χ0n) is 15.1. The molecule has 0 radical (unpaired) electrons. The highest BCUT2D eigenvalue weighted by Gasteiger charge is 2.43. The van der Waals surface area contributed by atoms with E-state index in [1.54, 1.807) is 25.4 Å². The maximum atomic E-state index is 10.5. The number of hydrogen-bond donors (Lipinski definition) is 6. The van der Waals surface area contributed by atoms with E-state index in [1.807, 2.05) is 25.1 Å². The van der Waals surface area contributed by atoms with E-state index in [0.29, 0.717) is 6.54 Å². The standard InChI is InChI=1S/C17H27N5O4/c1-9-13(21-12(23)8-22(2)3)15(24)16(25)17(26-9)20-11-5-6-18-10-4-7-19-14(10)11/h4-7,9,12-13,15-17,19,21,23-25H,8H2,1-3H3,(H,18,20)/t9-,12?,13-,15+,16+,17-/m0/s1. The predicted molar refractivity (Wildman–Crippen MR) is 97.5 cm³/mol. The van der Waals surface area contributed by atoms with Crippen molar-refractivity contribution in [1.29, 1.82) is 0 Å². The molecule has 2 aromatic rings. The first-order chi connectivity index (χ1) is 12.4. The molecule has 1 fully saturated rings. The molecule has 144 valence electrons. The molecule has 0 bridgehead atoms. The molecule has 1 saturated heterocycles. The molecular formula is C17H27N5O4. The summed E-state index contributed by atoms with van der Waals surface area (Å²) < 4.78 is 5.87. The van der Waals surface area contributed by atoms with Crippen LogP contribution in [-0.4, -0.2) is 87.6 Å². The van der Waals surface area contributed by atoms with Crippen molar-refractivity contribution < 1.29 is 20.1 Å². The van der Waals surface area contributed by atoms with Crippen molar-refractivity contribution in [2.75, 3.05) is 26.0 Å². The number of aromatic nitrogens is 2. The Morgan fingerprint density at radius 2 is 2.08 bits per heavy atom. The third-order valence-electron chi connectivity index (χ3n) is 4.56. The highest BCUT2D eigenvalue weighted by atomic mass is 16.5. The number of aliphatic hydroxyl groups excluding tert-OH is 3. The number of ether oxygens (including phenoxy) is 1. The molecule has 9 heteroatoms. The van der Waals surface area contributed by atoms with Crippen molar-refractivity contribution in [1.82, 2.24) is 20.2 Å². The summed E-state index contributed by atoms with van der Waals surface area (Å²) in [5.41, 5.74) is 2.31. The van der Waals surface area contributed by atoms with Gasteiger partial charge in [0.15, 0.2) is 6.23 Å². The van der Waals surface area contributed by atoms with E-state index in [9.17, 15) is 15.3 Å². The fourth-order valence-corrected chi connectivity index (χ4v) is 3.27. The molecule has 0 aliphatic carbocycles. The van der Waals surface area contributed by atoms with Crippen LogP contribution in [0, 0.1) is 0 Å². The minimum atomic E-state index is -1.17. The van der Waals surface area contributed by atoms with Crippen LogP contribution in [0.1, 0.15) is 6.92 Å². The van der Waals surface area contributed by atoms with Gasteiger partial charge in [0.25, 0.3) is 0 Å². The lowest BCUT2D eigenvalue weighted by atomic mass is 9.95. The fourth-order valence-electron chi connectivity index (χ4n) is 3.27. The highest BCUT2D eigenvalue weighted by molar-refractivity contribution is 5.87. The van der Waals surface area contributed by atoms with Gasteiger partial charge < -0.3 is 35.3 Å². The van der Waals surface area contributed by atoms with Crippen LogP contribution in [0.2, 0.25) is 0 Å². The van der Waals surface area contributed by atoms with Crippen molar-refractivity contribution in [3.05, 3.63) is 24.5 Å². The average molecular weight is 365 g/mol. The largest absolute Gasteiger partial charge is 0.389 e. The van der Waals surface area contributed by atoms with Crippen molar-refractivity contribution in [3.63, 3.8) is 0 Å². The number of fused-ring (bicyclic) bond motifs is 1. The lowest BCUT2D eigenvalue weighted by molar-refractivity contribution is -0.176. The SMILES string of the molecule is C[C@@H]1O[C@H](Nc2ccnc3cc[nH]c23)[C@H](O)[C@H](O)[C@H]1NC(O)CN(C)C. The van der Waals surface area contributed by atoms with Crippen LogP contribution in [-0.2, 0) is 4.74 Å². The van der Waals surface area contributed by atoms with Gasteiger partial charge in [0.05, 0.1) is 28.9 Å². The Balaban J connectivity index is 1.69. The van der Waals surface area contributed by atoms with Gasteiger partial charge in [-0.3, -0.25) is 10.3 Å². The molecule has 0 saturated carbocycles. The summed E-state index contributed by atoms with van der Waals surface area (Å²) in [6, 6.07) is 3.03. The fraction of sp³-hybridized carbons (Fsp3) is 0.588. The Bertz CT molecular complexity index is 724. The molecular weight excluding hydrogens is 338 g/mol.